The molecule has 0 saturated carbocycles. The van der Waals surface area contributed by atoms with E-state index in [1.54, 1.807) is 31.2 Å². The molecular formula is C14H12Cl3NO2S. The first-order chi connectivity index (χ1) is 9.79. The smallest absolute Gasteiger partial charge is 0.207 e. The summed E-state index contributed by atoms with van der Waals surface area (Å²) >= 11 is 17.6. The molecule has 2 aromatic carbocycles. The molecule has 2 aromatic rings. The van der Waals surface area contributed by atoms with E-state index in [0.29, 0.717) is 10.0 Å². The first-order valence-corrected chi connectivity index (χ1v) is 8.64. The Bertz CT molecular complexity index is 745. The highest BCUT2D eigenvalue weighted by molar-refractivity contribution is 7.89. The van der Waals surface area contributed by atoms with Crippen molar-refractivity contribution in [3.05, 3.63) is 63.1 Å². The van der Waals surface area contributed by atoms with Crippen molar-refractivity contribution in [2.45, 2.75) is 17.9 Å². The highest BCUT2D eigenvalue weighted by Gasteiger charge is 2.21. The molecule has 1 atom stereocenters. The van der Waals surface area contributed by atoms with Crippen LogP contribution < -0.4 is 4.72 Å². The number of halogens is 3. The first-order valence-electron chi connectivity index (χ1n) is 6.02. The molecular weight excluding hydrogens is 353 g/mol. The molecule has 0 aromatic heterocycles. The monoisotopic (exact) mass is 363 g/mol. The SMILES string of the molecule is CC(NS(=O)(=O)c1cc(Cl)ccc1Cl)c1ccc(Cl)cc1. The average Bonchev–Trinajstić information content (AvgIpc) is 2.41. The summed E-state index contributed by atoms with van der Waals surface area (Å²) in [5, 5.41) is 1.01. The number of sulfonamides is 1. The predicted molar refractivity (Wildman–Crippen MR) is 86.7 cm³/mol. The van der Waals surface area contributed by atoms with Gasteiger partial charge in [0.2, 0.25) is 10.0 Å². The lowest BCUT2D eigenvalue weighted by Crippen LogP contribution is -2.27. The van der Waals surface area contributed by atoms with Gasteiger partial charge in [0.05, 0.1) is 5.02 Å². The van der Waals surface area contributed by atoms with E-state index >= 15 is 0 Å². The third kappa shape index (κ3) is 4.11. The Morgan fingerprint density at radius 1 is 0.952 bits per heavy atom. The first kappa shape index (κ1) is 16.6. The van der Waals surface area contributed by atoms with Crippen LogP contribution in [0.3, 0.4) is 0 Å². The highest BCUT2D eigenvalue weighted by Crippen LogP contribution is 2.26. The Morgan fingerprint density at radius 3 is 2.14 bits per heavy atom. The Hall–Kier alpha value is -0.780. The van der Waals surface area contributed by atoms with Crippen molar-refractivity contribution in [3.63, 3.8) is 0 Å². The van der Waals surface area contributed by atoms with E-state index in [-0.39, 0.29) is 9.92 Å². The zero-order valence-corrected chi connectivity index (χ0v) is 14.1. The summed E-state index contributed by atoms with van der Waals surface area (Å²) in [5.41, 5.74) is 0.793. The third-order valence-electron chi connectivity index (χ3n) is 2.88. The lowest BCUT2D eigenvalue weighted by molar-refractivity contribution is 0.567. The molecule has 21 heavy (non-hydrogen) atoms. The summed E-state index contributed by atoms with van der Waals surface area (Å²) in [6.45, 7) is 1.74. The fraction of sp³-hybridized carbons (Fsp3) is 0.143. The molecule has 2 rings (SSSR count). The highest BCUT2D eigenvalue weighted by atomic mass is 35.5. The van der Waals surface area contributed by atoms with Gasteiger partial charge in [0.1, 0.15) is 4.90 Å². The fourth-order valence-corrected chi connectivity index (χ4v) is 3.92. The summed E-state index contributed by atoms with van der Waals surface area (Å²) in [6, 6.07) is 10.8. The zero-order chi connectivity index (χ0) is 15.6. The van der Waals surface area contributed by atoms with Gasteiger partial charge in [-0.15, -0.1) is 0 Å². The van der Waals surface area contributed by atoms with Crippen LogP contribution in [0.15, 0.2) is 47.4 Å². The molecule has 1 N–H and O–H groups in total. The van der Waals surface area contributed by atoms with Crippen molar-refractivity contribution in [2.24, 2.45) is 0 Å². The van der Waals surface area contributed by atoms with E-state index in [1.165, 1.54) is 18.2 Å². The summed E-state index contributed by atoms with van der Waals surface area (Å²) in [7, 11) is -3.77. The fourth-order valence-electron chi connectivity index (χ4n) is 1.80. The molecule has 0 aliphatic rings. The zero-order valence-electron chi connectivity index (χ0n) is 11.0. The quantitative estimate of drug-likeness (QED) is 0.855. The minimum absolute atomic E-state index is 0.0440. The van der Waals surface area contributed by atoms with Gasteiger partial charge in [-0.1, -0.05) is 46.9 Å². The molecule has 7 heteroatoms. The van der Waals surface area contributed by atoms with E-state index in [4.69, 9.17) is 34.8 Å². The van der Waals surface area contributed by atoms with Crippen molar-refractivity contribution in [1.82, 2.24) is 4.72 Å². The van der Waals surface area contributed by atoms with Crippen molar-refractivity contribution in [1.29, 1.82) is 0 Å². The summed E-state index contributed by atoms with van der Waals surface area (Å²) < 4.78 is 27.3. The second-order valence-corrected chi connectivity index (χ2v) is 7.43. The van der Waals surface area contributed by atoms with E-state index in [0.717, 1.165) is 5.56 Å². The van der Waals surface area contributed by atoms with Gasteiger partial charge in [0, 0.05) is 16.1 Å². The molecule has 0 bridgehead atoms. The van der Waals surface area contributed by atoms with Crippen LogP contribution in [-0.4, -0.2) is 8.42 Å². The molecule has 0 fully saturated rings. The lowest BCUT2D eigenvalue weighted by atomic mass is 10.1. The number of benzene rings is 2. The topological polar surface area (TPSA) is 46.2 Å². The minimum Gasteiger partial charge on any atom is -0.207 e. The molecule has 0 radical (unpaired) electrons. The van der Waals surface area contributed by atoms with Crippen molar-refractivity contribution < 1.29 is 8.42 Å². The van der Waals surface area contributed by atoms with Gasteiger partial charge in [-0.05, 0) is 42.8 Å². The maximum atomic E-state index is 12.4. The van der Waals surface area contributed by atoms with E-state index in [9.17, 15) is 8.42 Å². The van der Waals surface area contributed by atoms with Crippen LogP contribution in [0.2, 0.25) is 15.1 Å². The molecule has 3 nitrogen and oxygen atoms in total. The standard InChI is InChI=1S/C14H12Cl3NO2S/c1-9(10-2-4-11(15)5-3-10)18-21(19,20)14-8-12(16)6-7-13(14)17/h2-9,18H,1H3. The van der Waals surface area contributed by atoms with Crippen LogP contribution in [0.1, 0.15) is 18.5 Å². The lowest BCUT2D eigenvalue weighted by Gasteiger charge is -2.15. The minimum atomic E-state index is -3.77. The average molecular weight is 365 g/mol. The molecule has 0 aliphatic carbocycles. The van der Waals surface area contributed by atoms with E-state index in [2.05, 4.69) is 4.72 Å². The van der Waals surface area contributed by atoms with Crippen LogP contribution in [0, 0.1) is 0 Å². The Morgan fingerprint density at radius 2 is 1.52 bits per heavy atom. The molecule has 0 amide bonds. The van der Waals surface area contributed by atoms with Gasteiger partial charge in [-0.25, -0.2) is 13.1 Å². The Labute approximate surface area is 138 Å². The summed E-state index contributed by atoms with van der Waals surface area (Å²) in [5.74, 6) is 0. The maximum absolute atomic E-state index is 12.4. The Kier molecular flexibility index (Phi) is 5.17. The van der Waals surface area contributed by atoms with Gasteiger partial charge in [-0.2, -0.15) is 0 Å². The van der Waals surface area contributed by atoms with E-state index < -0.39 is 16.1 Å². The molecule has 0 aliphatic heterocycles. The number of hydrogen-bond donors (Lipinski definition) is 1. The van der Waals surface area contributed by atoms with E-state index in [1.807, 2.05) is 0 Å². The van der Waals surface area contributed by atoms with Crippen LogP contribution >= 0.6 is 34.8 Å². The van der Waals surface area contributed by atoms with Crippen LogP contribution in [0.25, 0.3) is 0 Å². The second kappa shape index (κ2) is 6.55. The van der Waals surface area contributed by atoms with Gasteiger partial charge in [0.25, 0.3) is 0 Å². The third-order valence-corrected chi connectivity index (χ3v) is 5.39. The maximum Gasteiger partial charge on any atom is 0.242 e. The van der Waals surface area contributed by atoms with Crippen molar-refractivity contribution in [2.75, 3.05) is 0 Å². The number of hydrogen-bond acceptors (Lipinski definition) is 2. The summed E-state index contributed by atoms with van der Waals surface area (Å²) in [4.78, 5) is -0.0440. The molecule has 1 unspecified atom stereocenters. The van der Waals surface area contributed by atoms with Crippen LogP contribution in [0.5, 0.6) is 0 Å². The molecule has 0 heterocycles. The number of rotatable bonds is 4. The van der Waals surface area contributed by atoms with Gasteiger partial charge < -0.3 is 0 Å². The van der Waals surface area contributed by atoms with Gasteiger partial charge in [0.15, 0.2) is 0 Å². The second-order valence-electron chi connectivity index (χ2n) is 4.47. The largest absolute Gasteiger partial charge is 0.242 e. The van der Waals surface area contributed by atoms with Gasteiger partial charge >= 0.3 is 0 Å². The normalized spacial score (nSPS) is 13.1. The number of nitrogens with one attached hydrogen (secondary N) is 1. The van der Waals surface area contributed by atoms with Crippen molar-refractivity contribution >= 4 is 44.8 Å². The van der Waals surface area contributed by atoms with Gasteiger partial charge in [-0.3, -0.25) is 0 Å². The van der Waals surface area contributed by atoms with Crippen LogP contribution in [0.4, 0.5) is 0 Å². The van der Waals surface area contributed by atoms with Crippen LogP contribution in [-0.2, 0) is 10.0 Å². The molecule has 0 saturated heterocycles. The Balaban J connectivity index is 2.28. The van der Waals surface area contributed by atoms with Crippen molar-refractivity contribution in [3.8, 4) is 0 Å². The molecule has 112 valence electrons. The summed E-state index contributed by atoms with van der Waals surface area (Å²) in [6.07, 6.45) is 0. The molecule has 0 spiro atoms. The predicted octanol–water partition coefficient (Wildman–Crippen LogP) is 4.69.